The molecule has 2 aromatic heterocycles. The summed E-state index contributed by atoms with van der Waals surface area (Å²) in [5.41, 5.74) is -0.309. The maximum atomic E-state index is 14.8. The van der Waals surface area contributed by atoms with Crippen molar-refractivity contribution in [2.75, 3.05) is 18.4 Å². The molecule has 6 nitrogen and oxygen atoms in total. The highest BCUT2D eigenvalue weighted by atomic mass is 35.5. The summed E-state index contributed by atoms with van der Waals surface area (Å²) in [4.78, 5) is 17.5. The minimum Gasteiger partial charge on any atom is -0.444 e. The number of carbonyl (C=O) groups excluding carboxylic acids is 1. The third-order valence-electron chi connectivity index (χ3n) is 4.60. The zero-order valence-corrected chi connectivity index (χ0v) is 17.5. The quantitative estimate of drug-likeness (QED) is 0.679. The lowest BCUT2D eigenvalue weighted by Crippen LogP contribution is -2.51. The molecular weight excluding hydrogens is 428 g/mol. The molecule has 1 fully saturated rings. The number of imidazole rings is 1. The molecule has 0 saturated carbocycles. The van der Waals surface area contributed by atoms with Crippen LogP contribution in [0.1, 0.15) is 32.9 Å². The summed E-state index contributed by atoms with van der Waals surface area (Å²) in [5, 5.41) is 2.76. The van der Waals surface area contributed by atoms with E-state index in [2.05, 4.69) is 10.3 Å². The number of fused-ring (bicyclic) bond motifs is 1. The van der Waals surface area contributed by atoms with Gasteiger partial charge in [0.1, 0.15) is 11.8 Å². The number of ether oxygens (including phenoxy) is 1. The van der Waals surface area contributed by atoms with Crippen LogP contribution in [0.3, 0.4) is 0 Å². The Morgan fingerprint density at radius 3 is 2.67 bits per heavy atom. The van der Waals surface area contributed by atoms with E-state index in [-0.39, 0.29) is 29.6 Å². The lowest BCUT2D eigenvalue weighted by atomic mass is 10.0. The van der Waals surface area contributed by atoms with E-state index in [9.17, 15) is 22.4 Å². The summed E-state index contributed by atoms with van der Waals surface area (Å²) >= 11 is 5.93. The maximum absolute atomic E-state index is 14.8. The Bertz CT molecular complexity index is 926. The van der Waals surface area contributed by atoms with Gasteiger partial charge in [-0.3, -0.25) is 0 Å². The van der Waals surface area contributed by atoms with Crippen molar-refractivity contribution >= 4 is 29.0 Å². The number of nitrogens with one attached hydrogen (secondary N) is 1. The van der Waals surface area contributed by atoms with Gasteiger partial charge in [-0.25, -0.2) is 14.2 Å². The molecular formula is C19H23ClF4N4O2. The number of pyridine rings is 1. The third kappa shape index (κ3) is 5.27. The van der Waals surface area contributed by atoms with Crippen LogP contribution in [0, 0.1) is 0 Å². The van der Waals surface area contributed by atoms with Gasteiger partial charge in [0.15, 0.2) is 10.8 Å². The van der Waals surface area contributed by atoms with Crippen molar-refractivity contribution in [1.82, 2.24) is 14.3 Å². The molecule has 11 heteroatoms. The van der Waals surface area contributed by atoms with Crippen LogP contribution < -0.4 is 5.32 Å². The van der Waals surface area contributed by atoms with E-state index in [1.54, 1.807) is 26.8 Å². The van der Waals surface area contributed by atoms with Crippen LogP contribution in [0.15, 0.2) is 18.3 Å². The molecule has 1 N–H and O–H groups in total. The van der Waals surface area contributed by atoms with E-state index < -0.39 is 36.5 Å². The Balaban J connectivity index is 1.74. The molecule has 1 amide bonds. The normalized spacial score (nSPS) is 20.5. The highest BCUT2D eigenvalue weighted by Gasteiger charge is 2.35. The van der Waals surface area contributed by atoms with Gasteiger partial charge in [0.25, 0.3) is 0 Å². The molecule has 2 atom stereocenters. The number of hydrogen-bond acceptors (Lipinski definition) is 4. The number of nitrogens with zero attached hydrogens (tertiary/aromatic N) is 3. The summed E-state index contributed by atoms with van der Waals surface area (Å²) in [6, 6.07) is 2.50. The average Bonchev–Trinajstić information content (AvgIpc) is 2.90. The van der Waals surface area contributed by atoms with Crippen molar-refractivity contribution in [3.05, 3.63) is 29.2 Å². The molecule has 1 saturated heterocycles. The molecule has 0 unspecified atom stereocenters. The zero-order chi connectivity index (χ0) is 22.3. The predicted octanol–water partition coefficient (Wildman–Crippen LogP) is 4.85. The van der Waals surface area contributed by atoms with Gasteiger partial charge in [0.2, 0.25) is 0 Å². The molecule has 0 spiro atoms. The molecule has 3 rings (SSSR count). The number of rotatable bonds is 3. The van der Waals surface area contributed by atoms with Crippen LogP contribution in [0.4, 0.5) is 28.0 Å². The van der Waals surface area contributed by atoms with Crippen LogP contribution in [-0.4, -0.2) is 57.5 Å². The summed E-state index contributed by atoms with van der Waals surface area (Å²) in [6.45, 7) is 5.33. The van der Waals surface area contributed by atoms with Crippen LogP contribution >= 0.6 is 11.6 Å². The van der Waals surface area contributed by atoms with Crippen molar-refractivity contribution in [2.45, 2.75) is 57.6 Å². The number of alkyl halides is 4. The smallest absolute Gasteiger partial charge is 0.410 e. The molecule has 1 aliphatic rings. The van der Waals surface area contributed by atoms with Gasteiger partial charge in [-0.05, 0) is 39.3 Å². The van der Waals surface area contributed by atoms with Gasteiger partial charge >= 0.3 is 12.3 Å². The number of amides is 1. The highest BCUT2D eigenvalue weighted by Crippen LogP contribution is 2.30. The fourth-order valence-electron chi connectivity index (χ4n) is 3.31. The van der Waals surface area contributed by atoms with Crippen molar-refractivity contribution < 1.29 is 27.1 Å². The SMILES string of the molecule is CC(C)(C)OC(=O)N1CC[C@@H](Nc2cccn3c(CC(F)(F)F)c(Cl)nc23)[C@@H](F)C1. The molecule has 0 radical (unpaired) electrons. The highest BCUT2D eigenvalue weighted by molar-refractivity contribution is 6.30. The van der Waals surface area contributed by atoms with E-state index in [1.807, 2.05) is 0 Å². The van der Waals surface area contributed by atoms with Crippen molar-refractivity contribution in [3.63, 3.8) is 0 Å². The number of likely N-dealkylation sites (tertiary alicyclic amines) is 1. The minimum absolute atomic E-state index is 0.149. The number of aromatic nitrogens is 2. The lowest BCUT2D eigenvalue weighted by molar-refractivity contribution is -0.127. The Hall–Kier alpha value is -2.23. The monoisotopic (exact) mass is 450 g/mol. The Kier molecular flexibility index (Phi) is 6.08. The van der Waals surface area contributed by atoms with Gasteiger partial charge in [-0.1, -0.05) is 11.6 Å². The minimum atomic E-state index is -4.44. The standard InChI is InChI=1S/C19H23ClF4N4O2/c1-18(2,3)30-17(29)27-8-6-12(11(21)10-27)25-13-5-4-7-28-14(9-19(22,23)24)15(20)26-16(13)28/h4-5,7,11-12,25H,6,8-10H2,1-3H3/t11-,12+/m0/s1. The van der Waals surface area contributed by atoms with Crippen molar-refractivity contribution in [3.8, 4) is 0 Å². The van der Waals surface area contributed by atoms with Crippen LogP contribution in [0.25, 0.3) is 5.65 Å². The van der Waals surface area contributed by atoms with Crippen LogP contribution in [-0.2, 0) is 11.2 Å². The first-order chi connectivity index (χ1) is 13.8. The van der Waals surface area contributed by atoms with E-state index in [4.69, 9.17) is 16.3 Å². The third-order valence-corrected chi connectivity index (χ3v) is 4.90. The van der Waals surface area contributed by atoms with Crippen molar-refractivity contribution in [2.24, 2.45) is 0 Å². The predicted molar refractivity (Wildman–Crippen MR) is 105 cm³/mol. The first-order valence-electron chi connectivity index (χ1n) is 9.45. The fourth-order valence-corrected chi connectivity index (χ4v) is 3.55. The Labute approximate surface area is 176 Å². The Morgan fingerprint density at radius 2 is 2.07 bits per heavy atom. The number of carbonyl (C=O) groups is 1. The molecule has 0 bridgehead atoms. The molecule has 1 aliphatic heterocycles. The van der Waals surface area contributed by atoms with Crippen molar-refractivity contribution in [1.29, 1.82) is 0 Å². The number of piperidine rings is 1. The Morgan fingerprint density at radius 1 is 1.37 bits per heavy atom. The van der Waals surface area contributed by atoms with Gasteiger partial charge < -0.3 is 19.4 Å². The second kappa shape index (κ2) is 8.13. The maximum Gasteiger partial charge on any atom is 0.410 e. The summed E-state index contributed by atoms with van der Waals surface area (Å²) in [7, 11) is 0. The largest absolute Gasteiger partial charge is 0.444 e. The molecule has 0 aliphatic carbocycles. The summed E-state index contributed by atoms with van der Waals surface area (Å²) in [5.74, 6) is 0. The first kappa shape index (κ1) is 22.5. The molecule has 30 heavy (non-hydrogen) atoms. The number of halogens is 5. The molecule has 3 heterocycles. The molecule has 2 aromatic rings. The fraction of sp³-hybridized carbons (Fsp3) is 0.579. The van der Waals surface area contributed by atoms with Gasteiger partial charge in [-0.15, -0.1) is 0 Å². The van der Waals surface area contributed by atoms with Gasteiger partial charge in [0, 0.05) is 12.7 Å². The van der Waals surface area contributed by atoms with E-state index in [0.717, 1.165) is 0 Å². The molecule has 0 aromatic carbocycles. The van der Waals surface area contributed by atoms with E-state index in [0.29, 0.717) is 12.1 Å². The second-order valence-electron chi connectivity index (χ2n) is 8.24. The van der Waals surface area contributed by atoms with E-state index in [1.165, 1.54) is 21.6 Å². The van der Waals surface area contributed by atoms with Crippen LogP contribution in [0.5, 0.6) is 0 Å². The lowest BCUT2D eigenvalue weighted by Gasteiger charge is -2.36. The summed E-state index contributed by atoms with van der Waals surface area (Å²) in [6.07, 6.45) is -5.92. The topological polar surface area (TPSA) is 58.9 Å². The van der Waals surface area contributed by atoms with Crippen LogP contribution in [0.2, 0.25) is 5.15 Å². The molecule has 166 valence electrons. The second-order valence-corrected chi connectivity index (χ2v) is 8.60. The first-order valence-corrected chi connectivity index (χ1v) is 9.82. The van der Waals surface area contributed by atoms with Gasteiger partial charge in [0.05, 0.1) is 30.4 Å². The number of anilines is 1. The van der Waals surface area contributed by atoms with E-state index >= 15 is 0 Å². The van der Waals surface area contributed by atoms with Gasteiger partial charge in [-0.2, -0.15) is 13.2 Å². The summed E-state index contributed by atoms with van der Waals surface area (Å²) < 4.78 is 59.8. The zero-order valence-electron chi connectivity index (χ0n) is 16.8. The average molecular weight is 451 g/mol. The number of hydrogen-bond donors (Lipinski definition) is 1.